The van der Waals surface area contributed by atoms with Gasteiger partial charge in [0.2, 0.25) is 5.97 Å². The average Bonchev–Trinajstić information content (AvgIpc) is 2.26. The van der Waals surface area contributed by atoms with Crippen molar-refractivity contribution in [2.24, 2.45) is 17.2 Å². The van der Waals surface area contributed by atoms with E-state index in [9.17, 15) is 0 Å². The molecule has 0 aliphatic heterocycles. The Morgan fingerprint density at radius 2 is 1.71 bits per heavy atom. The Kier molecular flexibility index (Phi) is 6.79. The molecule has 7 heteroatoms. The highest BCUT2D eigenvalue weighted by Crippen LogP contribution is 2.23. The van der Waals surface area contributed by atoms with E-state index < -0.39 is 14.8 Å². The molecule has 100 valence electrons. The fraction of sp³-hybridized carbons (Fsp3) is 0.600. The lowest BCUT2D eigenvalue weighted by Gasteiger charge is -2.33. The van der Waals surface area contributed by atoms with Crippen LogP contribution >= 0.6 is 0 Å². The summed E-state index contributed by atoms with van der Waals surface area (Å²) >= 11 is 0. The van der Waals surface area contributed by atoms with Crippen LogP contribution in [0.4, 0.5) is 0 Å². The van der Waals surface area contributed by atoms with E-state index in [-0.39, 0.29) is 0 Å². The Morgan fingerprint density at radius 3 is 2.00 bits per heavy atom. The van der Waals surface area contributed by atoms with Crippen LogP contribution in [0.15, 0.2) is 23.4 Å². The number of nitrogens with two attached hydrogens (primary N) is 3. The molecule has 0 radical (unpaired) electrons. The van der Waals surface area contributed by atoms with Crippen LogP contribution in [-0.4, -0.2) is 29.0 Å². The van der Waals surface area contributed by atoms with Crippen LogP contribution in [0.5, 0.6) is 0 Å². The lowest BCUT2D eigenvalue weighted by Crippen LogP contribution is -2.67. The molecule has 0 aromatic heterocycles. The number of rotatable bonds is 7. The summed E-state index contributed by atoms with van der Waals surface area (Å²) in [6.07, 6.45) is 6.39. The third kappa shape index (κ3) is 5.09. The summed E-state index contributed by atoms with van der Waals surface area (Å²) in [5.41, 5.74) is 16.4. The van der Waals surface area contributed by atoms with Crippen molar-refractivity contribution in [3.05, 3.63) is 23.4 Å². The Labute approximate surface area is 104 Å². The number of hydrogen-bond acceptors (Lipinski definition) is 6. The molecule has 6 nitrogen and oxygen atoms in total. The molecule has 0 heterocycles. The van der Waals surface area contributed by atoms with Gasteiger partial charge in [-0.2, -0.15) is 0 Å². The minimum absolute atomic E-state index is 0.636. The topological polar surface area (TPSA) is 106 Å². The minimum Gasteiger partial charge on any atom is -0.373 e. The summed E-state index contributed by atoms with van der Waals surface area (Å²) in [5, 5.41) is 0.853. The van der Waals surface area contributed by atoms with Crippen molar-refractivity contribution in [1.82, 2.24) is 0 Å². The summed E-state index contributed by atoms with van der Waals surface area (Å²) in [5.74, 6) is -1.79. The van der Waals surface area contributed by atoms with Crippen molar-refractivity contribution in [2.45, 2.75) is 26.2 Å². The normalized spacial score (nSPS) is 14.6. The SMILES string of the molecule is CC=CCC(=CC)[Si](OC)(OC)OC(N)(N)N. The van der Waals surface area contributed by atoms with E-state index in [4.69, 9.17) is 30.5 Å². The lowest BCUT2D eigenvalue weighted by molar-refractivity contribution is -0.000460. The quantitative estimate of drug-likeness (QED) is 0.343. The van der Waals surface area contributed by atoms with E-state index in [0.717, 1.165) is 5.20 Å². The van der Waals surface area contributed by atoms with Gasteiger partial charge >= 0.3 is 8.80 Å². The van der Waals surface area contributed by atoms with Crippen LogP contribution in [0, 0.1) is 0 Å². The average molecular weight is 261 g/mol. The first-order valence-corrected chi connectivity index (χ1v) is 7.01. The second-order valence-electron chi connectivity index (χ2n) is 3.51. The maximum absolute atomic E-state index is 5.46. The van der Waals surface area contributed by atoms with Gasteiger partial charge in [0.25, 0.3) is 0 Å². The van der Waals surface area contributed by atoms with E-state index in [2.05, 4.69) is 0 Å². The van der Waals surface area contributed by atoms with Crippen molar-refractivity contribution < 1.29 is 13.3 Å². The van der Waals surface area contributed by atoms with Gasteiger partial charge in [0.15, 0.2) is 0 Å². The van der Waals surface area contributed by atoms with E-state index >= 15 is 0 Å². The van der Waals surface area contributed by atoms with Gasteiger partial charge in [0, 0.05) is 14.2 Å². The van der Waals surface area contributed by atoms with Gasteiger partial charge in [0.1, 0.15) is 0 Å². The third-order valence-electron chi connectivity index (χ3n) is 2.16. The van der Waals surface area contributed by atoms with Crippen LogP contribution in [0.2, 0.25) is 0 Å². The zero-order valence-corrected chi connectivity index (χ0v) is 11.9. The van der Waals surface area contributed by atoms with Crippen LogP contribution in [0.1, 0.15) is 20.3 Å². The van der Waals surface area contributed by atoms with Crippen LogP contribution < -0.4 is 17.2 Å². The predicted molar refractivity (Wildman–Crippen MR) is 69.3 cm³/mol. The maximum atomic E-state index is 5.46. The summed E-state index contributed by atoms with van der Waals surface area (Å²) in [4.78, 5) is 0. The van der Waals surface area contributed by atoms with E-state index in [0.29, 0.717) is 6.42 Å². The largest absolute Gasteiger partial charge is 0.535 e. The van der Waals surface area contributed by atoms with E-state index in [1.807, 2.05) is 32.1 Å². The zero-order valence-electron chi connectivity index (χ0n) is 10.9. The molecule has 0 saturated heterocycles. The Bertz CT molecular complexity index is 283. The lowest BCUT2D eigenvalue weighted by atomic mass is 10.3. The molecular formula is C10H23N3O3Si. The van der Waals surface area contributed by atoms with Gasteiger partial charge in [-0.25, -0.2) is 0 Å². The van der Waals surface area contributed by atoms with Crippen LogP contribution in [0.3, 0.4) is 0 Å². The van der Waals surface area contributed by atoms with Gasteiger partial charge in [-0.1, -0.05) is 18.2 Å². The molecular weight excluding hydrogens is 238 g/mol. The van der Waals surface area contributed by atoms with Crippen molar-refractivity contribution >= 4 is 8.80 Å². The zero-order chi connectivity index (χ0) is 13.5. The molecule has 0 aliphatic carbocycles. The Balaban J connectivity index is 5.15. The summed E-state index contributed by atoms with van der Waals surface area (Å²) < 4.78 is 16.1. The second-order valence-corrected chi connectivity index (χ2v) is 6.28. The highest BCUT2D eigenvalue weighted by Gasteiger charge is 2.47. The smallest absolute Gasteiger partial charge is 0.373 e. The molecule has 0 aromatic carbocycles. The highest BCUT2D eigenvalue weighted by atomic mass is 28.4. The summed E-state index contributed by atoms with van der Waals surface area (Å²) in [6.45, 7) is 3.79. The highest BCUT2D eigenvalue weighted by molar-refractivity contribution is 6.68. The first-order chi connectivity index (χ1) is 7.85. The van der Waals surface area contributed by atoms with Crippen molar-refractivity contribution in [1.29, 1.82) is 0 Å². The molecule has 0 rings (SSSR count). The third-order valence-corrected chi connectivity index (χ3v) is 5.14. The molecule has 0 amide bonds. The Hall–Kier alpha value is -0.543. The van der Waals surface area contributed by atoms with E-state index in [1.165, 1.54) is 14.2 Å². The monoisotopic (exact) mass is 261 g/mol. The molecule has 0 aromatic rings. The molecule has 6 N–H and O–H groups in total. The fourth-order valence-electron chi connectivity index (χ4n) is 1.39. The number of hydrogen-bond donors (Lipinski definition) is 3. The molecule has 0 atom stereocenters. The van der Waals surface area contributed by atoms with Crippen molar-refractivity contribution in [3.8, 4) is 0 Å². The fourth-order valence-corrected chi connectivity index (χ4v) is 3.57. The molecule has 0 unspecified atom stereocenters. The van der Waals surface area contributed by atoms with Gasteiger partial charge in [-0.05, 0) is 25.5 Å². The van der Waals surface area contributed by atoms with Gasteiger partial charge in [0.05, 0.1) is 0 Å². The molecule has 0 spiro atoms. The van der Waals surface area contributed by atoms with Crippen molar-refractivity contribution in [2.75, 3.05) is 14.2 Å². The van der Waals surface area contributed by atoms with Crippen molar-refractivity contribution in [3.63, 3.8) is 0 Å². The molecule has 0 fully saturated rings. The predicted octanol–water partition coefficient (Wildman–Crippen LogP) is 0.174. The second kappa shape index (κ2) is 7.02. The summed E-state index contributed by atoms with van der Waals surface area (Å²) in [7, 11) is -0.137. The Morgan fingerprint density at radius 1 is 1.18 bits per heavy atom. The van der Waals surface area contributed by atoms with Gasteiger partial charge < -0.3 is 13.3 Å². The standard InChI is InChI=1S/C10H23N3O3Si/c1-5-7-8-9(6-2)17(14-3,15-4)16-10(11,12)13/h5-7H,8,11-13H2,1-4H3. The molecule has 17 heavy (non-hydrogen) atoms. The molecule has 0 saturated carbocycles. The molecule has 0 aliphatic rings. The summed E-state index contributed by atoms with van der Waals surface area (Å²) in [6, 6.07) is 0. The van der Waals surface area contributed by atoms with Gasteiger partial charge in [-0.15, -0.1) is 0 Å². The molecule has 0 bridgehead atoms. The maximum Gasteiger partial charge on any atom is 0.535 e. The van der Waals surface area contributed by atoms with Crippen LogP contribution in [0.25, 0.3) is 0 Å². The first-order valence-electron chi connectivity index (χ1n) is 5.29. The number of allylic oxidation sites excluding steroid dienone is 4. The first kappa shape index (κ1) is 16.5. The van der Waals surface area contributed by atoms with E-state index in [1.54, 1.807) is 0 Å². The minimum atomic E-state index is -3.11. The van der Waals surface area contributed by atoms with Gasteiger partial charge in [-0.3, -0.25) is 17.2 Å². The van der Waals surface area contributed by atoms with Crippen LogP contribution in [-0.2, 0) is 13.3 Å².